The average Bonchev–Trinajstić information content (AvgIpc) is 2.59. The van der Waals surface area contributed by atoms with Gasteiger partial charge in [-0.05, 0) is 5.56 Å². The van der Waals surface area contributed by atoms with Gasteiger partial charge in [-0.2, -0.15) is 0 Å². The van der Waals surface area contributed by atoms with Gasteiger partial charge < -0.3 is 14.6 Å². The van der Waals surface area contributed by atoms with E-state index in [0.717, 1.165) is 5.56 Å². The van der Waals surface area contributed by atoms with Crippen molar-refractivity contribution in [2.75, 3.05) is 6.61 Å². The maximum Gasteiger partial charge on any atom is 0.309 e. The van der Waals surface area contributed by atoms with E-state index in [1.165, 1.54) is 0 Å². The fourth-order valence-electron chi connectivity index (χ4n) is 1.61. The molecule has 1 fully saturated rings. The third-order valence-electron chi connectivity index (χ3n) is 2.48. The summed E-state index contributed by atoms with van der Waals surface area (Å²) in [6.07, 6.45) is -1.18. The number of esters is 1. The minimum absolute atomic E-state index is 0.0688. The fourth-order valence-corrected chi connectivity index (χ4v) is 1.61. The number of aliphatic hydroxyl groups is 1. The van der Waals surface area contributed by atoms with E-state index in [9.17, 15) is 9.90 Å². The van der Waals surface area contributed by atoms with Crippen LogP contribution in [0.2, 0.25) is 0 Å². The number of carbonyl (C=O) groups is 1. The van der Waals surface area contributed by atoms with Crippen LogP contribution in [0.15, 0.2) is 30.3 Å². The van der Waals surface area contributed by atoms with Crippen molar-refractivity contribution >= 4 is 5.97 Å². The Hall–Kier alpha value is -1.39. The van der Waals surface area contributed by atoms with Gasteiger partial charge in [-0.25, -0.2) is 0 Å². The van der Waals surface area contributed by atoms with Crippen molar-refractivity contribution in [1.82, 2.24) is 0 Å². The highest BCUT2D eigenvalue weighted by Crippen LogP contribution is 2.15. The number of ether oxygens (including phenoxy) is 2. The van der Waals surface area contributed by atoms with Crippen molar-refractivity contribution in [1.29, 1.82) is 0 Å². The normalized spacial score (nSPS) is 24.4. The Kier molecular flexibility index (Phi) is 3.54. The lowest BCUT2D eigenvalue weighted by molar-refractivity contribution is -0.144. The summed E-state index contributed by atoms with van der Waals surface area (Å²) in [6, 6.07) is 9.71. The second kappa shape index (κ2) is 5.09. The third kappa shape index (κ3) is 2.81. The molecule has 1 N–H and O–H groups in total. The molecule has 0 unspecified atom stereocenters. The van der Waals surface area contributed by atoms with Crippen molar-refractivity contribution in [3.05, 3.63) is 35.9 Å². The van der Waals surface area contributed by atoms with E-state index in [2.05, 4.69) is 0 Å². The van der Waals surface area contributed by atoms with Crippen LogP contribution in [0.3, 0.4) is 0 Å². The molecule has 2 rings (SSSR count). The van der Waals surface area contributed by atoms with Gasteiger partial charge in [0.05, 0.1) is 19.6 Å². The second-order valence-corrected chi connectivity index (χ2v) is 3.80. The van der Waals surface area contributed by atoms with Crippen LogP contribution in [0.25, 0.3) is 0 Å². The van der Waals surface area contributed by atoms with Crippen LogP contribution in [0.1, 0.15) is 12.0 Å². The summed E-state index contributed by atoms with van der Waals surface area (Å²) in [5.41, 5.74) is 1.06. The number of benzene rings is 1. The highest BCUT2D eigenvalue weighted by molar-refractivity contribution is 5.72. The SMILES string of the molecule is O=C1C[C@H](O)[C@@H](COCc2ccccc2)O1. The van der Waals surface area contributed by atoms with Crippen molar-refractivity contribution in [2.24, 2.45) is 0 Å². The second-order valence-electron chi connectivity index (χ2n) is 3.80. The van der Waals surface area contributed by atoms with Gasteiger partial charge in [0.2, 0.25) is 0 Å². The predicted octanol–water partition coefficient (Wildman–Crippen LogP) is 0.880. The van der Waals surface area contributed by atoms with Crippen molar-refractivity contribution in [2.45, 2.75) is 25.2 Å². The van der Waals surface area contributed by atoms with Crippen LogP contribution in [0, 0.1) is 0 Å². The molecule has 1 aromatic rings. The Bertz CT molecular complexity index is 349. The van der Waals surface area contributed by atoms with E-state index >= 15 is 0 Å². The Morgan fingerprint density at radius 1 is 1.38 bits per heavy atom. The molecule has 0 saturated carbocycles. The molecule has 0 radical (unpaired) electrons. The molecule has 0 amide bonds. The van der Waals surface area contributed by atoms with E-state index in [-0.39, 0.29) is 19.0 Å². The smallest absolute Gasteiger partial charge is 0.309 e. The summed E-state index contributed by atoms with van der Waals surface area (Å²) in [4.78, 5) is 10.9. The van der Waals surface area contributed by atoms with E-state index in [0.29, 0.717) is 6.61 Å². The first-order valence-corrected chi connectivity index (χ1v) is 5.25. The summed E-state index contributed by atoms with van der Waals surface area (Å²) in [6.45, 7) is 0.698. The number of hydrogen-bond acceptors (Lipinski definition) is 4. The minimum atomic E-state index is -0.733. The summed E-state index contributed by atoms with van der Waals surface area (Å²) in [5, 5.41) is 9.43. The first kappa shape index (κ1) is 11.1. The van der Waals surface area contributed by atoms with Gasteiger partial charge >= 0.3 is 5.97 Å². The lowest BCUT2D eigenvalue weighted by Crippen LogP contribution is -2.26. The Morgan fingerprint density at radius 3 is 2.75 bits per heavy atom. The maximum atomic E-state index is 10.9. The predicted molar refractivity (Wildman–Crippen MR) is 56.6 cm³/mol. The molecule has 86 valence electrons. The van der Waals surface area contributed by atoms with Crippen LogP contribution < -0.4 is 0 Å². The van der Waals surface area contributed by atoms with E-state index in [1.54, 1.807) is 0 Å². The van der Waals surface area contributed by atoms with E-state index in [4.69, 9.17) is 9.47 Å². The van der Waals surface area contributed by atoms with Crippen LogP contribution in [-0.2, 0) is 20.9 Å². The van der Waals surface area contributed by atoms with Gasteiger partial charge in [-0.15, -0.1) is 0 Å². The van der Waals surface area contributed by atoms with Gasteiger partial charge in [0.15, 0.2) is 6.10 Å². The number of rotatable bonds is 4. The monoisotopic (exact) mass is 222 g/mol. The summed E-state index contributed by atoms with van der Waals surface area (Å²) < 4.78 is 10.3. The zero-order valence-corrected chi connectivity index (χ0v) is 8.83. The van der Waals surface area contributed by atoms with Crippen molar-refractivity contribution < 1.29 is 19.4 Å². The standard InChI is InChI=1S/C12H14O4/c13-10-6-12(14)16-11(10)8-15-7-9-4-2-1-3-5-9/h1-5,10-11,13H,6-8H2/t10-,11+/m0/s1. The molecule has 1 aromatic carbocycles. The third-order valence-corrected chi connectivity index (χ3v) is 2.48. The van der Waals surface area contributed by atoms with Gasteiger partial charge in [0, 0.05) is 0 Å². The van der Waals surface area contributed by atoms with Gasteiger partial charge in [0.25, 0.3) is 0 Å². The Labute approximate surface area is 93.8 Å². The van der Waals surface area contributed by atoms with Gasteiger partial charge in [0.1, 0.15) is 6.10 Å². The number of cyclic esters (lactones) is 1. The molecular weight excluding hydrogens is 208 g/mol. The highest BCUT2D eigenvalue weighted by atomic mass is 16.6. The first-order valence-electron chi connectivity index (χ1n) is 5.25. The lowest BCUT2D eigenvalue weighted by Gasteiger charge is -2.13. The van der Waals surface area contributed by atoms with Crippen LogP contribution >= 0.6 is 0 Å². The zero-order chi connectivity index (χ0) is 11.4. The molecule has 4 heteroatoms. The number of hydrogen-bond donors (Lipinski definition) is 1. The molecule has 0 aliphatic carbocycles. The van der Waals surface area contributed by atoms with Crippen molar-refractivity contribution in [3.8, 4) is 0 Å². The zero-order valence-electron chi connectivity index (χ0n) is 8.83. The summed E-state index contributed by atoms with van der Waals surface area (Å²) in [7, 11) is 0. The summed E-state index contributed by atoms with van der Waals surface area (Å²) in [5.74, 6) is -0.360. The van der Waals surface area contributed by atoms with Crippen molar-refractivity contribution in [3.63, 3.8) is 0 Å². The van der Waals surface area contributed by atoms with E-state index < -0.39 is 12.2 Å². The molecule has 2 atom stereocenters. The fraction of sp³-hybridized carbons (Fsp3) is 0.417. The molecule has 1 heterocycles. The largest absolute Gasteiger partial charge is 0.457 e. The van der Waals surface area contributed by atoms with Crippen LogP contribution in [0.4, 0.5) is 0 Å². The Morgan fingerprint density at radius 2 is 2.12 bits per heavy atom. The van der Waals surface area contributed by atoms with Crippen LogP contribution in [0.5, 0.6) is 0 Å². The minimum Gasteiger partial charge on any atom is -0.457 e. The molecule has 0 aromatic heterocycles. The number of aliphatic hydroxyl groups excluding tert-OH is 1. The first-order chi connectivity index (χ1) is 7.75. The molecular formula is C12H14O4. The van der Waals surface area contributed by atoms with Gasteiger partial charge in [-0.3, -0.25) is 4.79 Å². The van der Waals surface area contributed by atoms with Crippen LogP contribution in [-0.4, -0.2) is 29.9 Å². The Balaban J connectivity index is 1.74. The molecule has 1 aliphatic heterocycles. The lowest BCUT2D eigenvalue weighted by atomic mass is 10.2. The summed E-state index contributed by atoms with van der Waals surface area (Å²) >= 11 is 0. The van der Waals surface area contributed by atoms with Gasteiger partial charge in [-0.1, -0.05) is 30.3 Å². The highest BCUT2D eigenvalue weighted by Gasteiger charge is 2.33. The molecule has 0 spiro atoms. The average molecular weight is 222 g/mol. The molecule has 4 nitrogen and oxygen atoms in total. The topological polar surface area (TPSA) is 55.8 Å². The molecule has 1 saturated heterocycles. The molecule has 16 heavy (non-hydrogen) atoms. The number of carbonyl (C=O) groups excluding carboxylic acids is 1. The molecule has 1 aliphatic rings. The maximum absolute atomic E-state index is 10.9. The molecule has 0 bridgehead atoms. The van der Waals surface area contributed by atoms with E-state index in [1.807, 2.05) is 30.3 Å². The quantitative estimate of drug-likeness (QED) is 0.768.